The van der Waals surface area contributed by atoms with Crippen molar-refractivity contribution >= 4 is 23.2 Å². The van der Waals surface area contributed by atoms with Crippen LogP contribution < -0.4 is 15.8 Å². The van der Waals surface area contributed by atoms with Gasteiger partial charge in [-0.05, 0) is 38.0 Å². The van der Waals surface area contributed by atoms with Gasteiger partial charge in [-0.1, -0.05) is 30.9 Å². The van der Waals surface area contributed by atoms with E-state index in [0.717, 1.165) is 32.1 Å². The summed E-state index contributed by atoms with van der Waals surface area (Å²) >= 11 is 6.01. The molecule has 2 rings (SSSR count). The minimum Gasteiger partial charge on any atom is -0.492 e. The zero-order chi connectivity index (χ0) is 15.2. The Kier molecular flexibility index (Phi) is 5.88. The average molecular weight is 311 g/mol. The molecule has 1 fully saturated rings. The van der Waals surface area contributed by atoms with Crippen molar-refractivity contribution in [3.63, 3.8) is 0 Å². The Balaban J connectivity index is 2.12. The van der Waals surface area contributed by atoms with Gasteiger partial charge < -0.3 is 15.8 Å². The predicted octanol–water partition coefficient (Wildman–Crippen LogP) is 3.58. The van der Waals surface area contributed by atoms with Crippen LogP contribution in [0.15, 0.2) is 18.2 Å². The molecule has 5 heteroatoms. The monoisotopic (exact) mass is 310 g/mol. The summed E-state index contributed by atoms with van der Waals surface area (Å²) in [6, 6.07) is 5.17. The van der Waals surface area contributed by atoms with Crippen LogP contribution in [0.5, 0.6) is 5.75 Å². The Labute approximate surface area is 131 Å². The first-order chi connectivity index (χ1) is 10.1. The highest BCUT2D eigenvalue weighted by Crippen LogP contribution is 2.30. The molecular weight excluding hydrogens is 288 g/mol. The third-order valence-corrected chi connectivity index (χ3v) is 4.14. The van der Waals surface area contributed by atoms with Crippen molar-refractivity contribution < 1.29 is 9.53 Å². The zero-order valence-corrected chi connectivity index (χ0v) is 13.2. The highest BCUT2D eigenvalue weighted by molar-refractivity contribution is 6.31. The highest BCUT2D eigenvalue weighted by Gasteiger charge is 2.27. The number of carbonyl (C=O) groups excluding carboxylic acids is 1. The normalized spacial score (nSPS) is 22.4. The molecule has 21 heavy (non-hydrogen) atoms. The molecule has 0 saturated heterocycles. The molecule has 4 nitrogen and oxygen atoms in total. The Morgan fingerprint density at radius 2 is 2.14 bits per heavy atom. The number of benzene rings is 1. The number of nitrogens with two attached hydrogens (primary N) is 1. The lowest BCUT2D eigenvalue weighted by Gasteiger charge is -2.21. The molecule has 0 aromatic heterocycles. The summed E-state index contributed by atoms with van der Waals surface area (Å²) in [7, 11) is 0. The van der Waals surface area contributed by atoms with Gasteiger partial charge in [0.25, 0.3) is 0 Å². The molecule has 0 bridgehead atoms. The van der Waals surface area contributed by atoms with Gasteiger partial charge in [-0.2, -0.15) is 0 Å². The summed E-state index contributed by atoms with van der Waals surface area (Å²) in [6.07, 6.45) is 5.06. The van der Waals surface area contributed by atoms with Crippen molar-refractivity contribution in [1.29, 1.82) is 0 Å². The van der Waals surface area contributed by atoms with Crippen LogP contribution in [0, 0.1) is 5.92 Å². The lowest BCUT2D eigenvalue weighted by molar-refractivity contribution is -0.120. The van der Waals surface area contributed by atoms with Crippen molar-refractivity contribution in [2.24, 2.45) is 11.7 Å². The third-order valence-electron chi connectivity index (χ3n) is 3.91. The minimum atomic E-state index is -0.138. The van der Waals surface area contributed by atoms with E-state index in [4.69, 9.17) is 22.1 Å². The van der Waals surface area contributed by atoms with Gasteiger partial charge in [-0.15, -0.1) is 0 Å². The molecule has 2 atom stereocenters. The van der Waals surface area contributed by atoms with E-state index in [9.17, 15) is 4.79 Å². The molecule has 3 N–H and O–H groups in total. The highest BCUT2D eigenvalue weighted by atomic mass is 35.5. The number of amides is 1. The second kappa shape index (κ2) is 7.66. The van der Waals surface area contributed by atoms with Crippen LogP contribution in [0.1, 0.15) is 39.0 Å². The van der Waals surface area contributed by atoms with Crippen LogP contribution in [-0.4, -0.2) is 18.6 Å². The van der Waals surface area contributed by atoms with Gasteiger partial charge in [0.2, 0.25) is 5.91 Å². The van der Waals surface area contributed by atoms with Crippen LogP contribution in [-0.2, 0) is 4.79 Å². The Morgan fingerprint density at radius 1 is 1.38 bits per heavy atom. The number of hydrogen-bond acceptors (Lipinski definition) is 3. The van der Waals surface area contributed by atoms with Gasteiger partial charge in [0, 0.05) is 11.1 Å². The summed E-state index contributed by atoms with van der Waals surface area (Å²) < 4.78 is 5.53. The number of halogens is 1. The maximum absolute atomic E-state index is 12.5. The topological polar surface area (TPSA) is 64.3 Å². The molecule has 0 aliphatic heterocycles. The van der Waals surface area contributed by atoms with Gasteiger partial charge in [-0.25, -0.2) is 0 Å². The van der Waals surface area contributed by atoms with E-state index >= 15 is 0 Å². The van der Waals surface area contributed by atoms with Crippen molar-refractivity contribution in [3.8, 4) is 5.75 Å². The minimum absolute atomic E-state index is 0.0346. The molecule has 0 radical (unpaired) electrons. The maximum atomic E-state index is 12.5. The number of nitrogens with one attached hydrogen (secondary N) is 1. The van der Waals surface area contributed by atoms with Gasteiger partial charge in [0.05, 0.1) is 18.2 Å². The third kappa shape index (κ3) is 4.35. The lowest BCUT2D eigenvalue weighted by atomic mass is 9.94. The fraction of sp³-hybridized carbons (Fsp3) is 0.562. The van der Waals surface area contributed by atoms with E-state index in [1.807, 2.05) is 6.92 Å². The average Bonchev–Trinajstić information content (AvgIpc) is 2.66. The first-order valence-electron chi connectivity index (χ1n) is 7.60. The molecule has 0 spiro atoms. The predicted molar refractivity (Wildman–Crippen MR) is 85.8 cm³/mol. The first kappa shape index (κ1) is 16.1. The summed E-state index contributed by atoms with van der Waals surface area (Å²) in [6.45, 7) is 2.44. The molecule has 1 aromatic rings. The van der Waals surface area contributed by atoms with E-state index in [0.29, 0.717) is 23.1 Å². The van der Waals surface area contributed by atoms with Crippen molar-refractivity contribution in [2.45, 2.75) is 45.1 Å². The molecule has 1 aromatic carbocycles. The summed E-state index contributed by atoms with van der Waals surface area (Å²) in [5, 5.41) is 3.50. The van der Waals surface area contributed by atoms with E-state index in [1.54, 1.807) is 18.2 Å². The quantitative estimate of drug-likeness (QED) is 0.835. The number of ether oxygens (including phenoxy) is 1. The van der Waals surface area contributed by atoms with Gasteiger partial charge in [-0.3, -0.25) is 4.79 Å². The van der Waals surface area contributed by atoms with E-state index in [1.165, 1.54) is 0 Å². The van der Waals surface area contributed by atoms with Crippen LogP contribution in [0.25, 0.3) is 0 Å². The fourth-order valence-corrected chi connectivity index (χ4v) is 2.94. The first-order valence-corrected chi connectivity index (χ1v) is 7.98. The fourth-order valence-electron chi connectivity index (χ4n) is 2.77. The zero-order valence-electron chi connectivity index (χ0n) is 12.4. The summed E-state index contributed by atoms with van der Waals surface area (Å²) in [5.41, 5.74) is 6.76. The second-order valence-electron chi connectivity index (χ2n) is 5.47. The molecule has 1 saturated carbocycles. The molecule has 2 unspecified atom stereocenters. The smallest absolute Gasteiger partial charge is 0.229 e. The van der Waals surface area contributed by atoms with Crippen LogP contribution in [0.3, 0.4) is 0 Å². The van der Waals surface area contributed by atoms with E-state index < -0.39 is 0 Å². The Morgan fingerprint density at radius 3 is 2.90 bits per heavy atom. The van der Waals surface area contributed by atoms with Crippen molar-refractivity contribution in [2.75, 3.05) is 11.9 Å². The summed E-state index contributed by atoms with van der Waals surface area (Å²) in [4.78, 5) is 12.5. The van der Waals surface area contributed by atoms with Gasteiger partial charge in [0.15, 0.2) is 0 Å². The molecule has 1 aliphatic carbocycles. The molecule has 0 heterocycles. The van der Waals surface area contributed by atoms with Gasteiger partial charge in [0.1, 0.15) is 5.75 Å². The maximum Gasteiger partial charge on any atom is 0.229 e. The van der Waals surface area contributed by atoms with Crippen LogP contribution in [0.2, 0.25) is 5.02 Å². The number of hydrogen-bond donors (Lipinski definition) is 2. The Bertz CT molecular complexity index is 493. The number of rotatable bonds is 4. The van der Waals surface area contributed by atoms with E-state index in [2.05, 4.69) is 5.32 Å². The Hall–Kier alpha value is -1.26. The molecule has 1 aliphatic rings. The van der Waals surface area contributed by atoms with Gasteiger partial charge >= 0.3 is 0 Å². The standard InChI is InChI=1S/C16H23ClN2O2/c1-2-21-15-9-8-11(17)10-14(15)19-16(20)12-6-4-3-5-7-13(12)18/h8-10,12-13H,2-7,18H2,1H3,(H,19,20). The largest absolute Gasteiger partial charge is 0.492 e. The van der Waals surface area contributed by atoms with Crippen LogP contribution in [0.4, 0.5) is 5.69 Å². The molecule has 1 amide bonds. The summed E-state index contributed by atoms with van der Waals surface area (Å²) in [5.74, 6) is 0.464. The number of anilines is 1. The van der Waals surface area contributed by atoms with Crippen molar-refractivity contribution in [1.82, 2.24) is 0 Å². The lowest BCUT2D eigenvalue weighted by Crippen LogP contribution is -2.37. The molecular formula is C16H23ClN2O2. The van der Waals surface area contributed by atoms with Crippen molar-refractivity contribution in [3.05, 3.63) is 23.2 Å². The number of carbonyl (C=O) groups is 1. The second-order valence-corrected chi connectivity index (χ2v) is 5.91. The van der Waals surface area contributed by atoms with E-state index in [-0.39, 0.29) is 17.9 Å². The van der Waals surface area contributed by atoms with Crippen LogP contribution >= 0.6 is 11.6 Å². The molecule has 116 valence electrons. The SMILES string of the molecule is CCOc1ccc(Cl)cc1NC(=O)C1CCCCCC1N.